The van der Waals surface area contributed by atoms with Gasteiger partial charge in [-0.2, -0.15) is 13.2 Å². The van der Waals surface area contributed by atoms with E-state index >= 15 is 0 Å². The maximum Gasteiger partial charge on any atom is 0.416 e. The second kappa shape index (κ2) is 8.46. The van der Waals surface area contributed by atoms with Crippen molar-refractivity contribution in [1.82, 2.24) is 19.8 Å². The van der Waals surface area contributed by atoms with Gasteiger partial charge in [-0.25, -0.2) is 14.8 Å². The summed E-state index contributed by atoms with van der Waals surface area (Å²) in [6, 6.07) is 2.78. The minimum absolute atomic E-state index is 0.00396. The van der Waals surface area contributed by atoms with Crippen LogP contribution in [0.15, 0.2) is 18.2 Å². The van der Waals surface area contributed by atoms with Crippen molar-refractivity contribution in [1.29, 1.82) is 0 Å². The van der Waals surface area contributed by atoms with Crippen LogP contribution >= 0.6 is 11.6 Å². The summed E-state index contributed by atoms with van der Waals surface area (Å²) in [4.78, 5) is 25.2. The number of urea groups is 1. The van der Waals surface area contributed by atoms with Gasteiger partial charge in [0.25, 0.3) is 0 Å². The van der Waals surface area contributed by atoms with E-state index in [4.69, 9.17) is 22.1 Å². The number of carbonyl (C=O) groups excluding carboxylic acids is 1. The van der Waals surface area contributed by atoms with Crippen molar-refractivity contribution < 1.29 is 22.7 Å². The van der Waals surface area contributed by atoms with E-state index in [1.54, 1.807) is 11.8 Å². The number of aromatic nitrogens is 2. The van der Waals surface area contributed by atoms with E-state index in [0.29, 0.717) is 35.7 Å². The summed E-state index contributed by atoms with van der Waals surface area (Å²) in [5.41, 5.74) is 6.57. The van der Waals surface area contributed by atoms with Gasteiger partial charge < -0.3 is 25.6 Å². The third-order valence-electron chi connectivity index (χ3n) is 6.50. The average Bonchev–Trinajstić information content (AvgIpc) is 3.34. The number of benzene rings is 1. The molecule has 2 saturated heterocycles. The number of hydrogen-bond donors (Lipinski definition) is 2. The normalized spacial score (nSPS) is 22.6. The Balaban J connectivity index is 1.35. The van der Waals surface area contributed by atoms with Crippen LogP contribution in [0.4, 0.5) is 29.5 Å². The molecule has 3 atom stereocenters. The molecule has 3 aliphatic heterocycles. The van der Waals surface area contributed by atoms with Gasteiger partial charge in [-0.05, 0) is 55.1 Å². The van der Waals surface area contributed by atoms with Gasteiger partial charge in [0.05, 0.1) is 42.6 Å². The molecule has 4 heterocycles. The number of amides is 2. The lowest BCUT2D eigenvalue weighted by atomic mass is 10.0. The average molecular weight is 497 g/mol. The number of carbonyl (C=O) groups is 1. The molecule has 8 nitrogen and oxygen atoms in total. The summed E-state index contributed by atoms with van der Waals surface area (Å²) in [5.74, 6) is 0.385. The quantitative estimate of drug-likeness (QED) is 0.488. The summed E-state index contributed by atoms with van der Waals surface area (Å²) in [6.07, 6.45) is -2.42. The van der Waals surface area contributed by atoms with Crippen molar-refractivity contribution in [2.45, 2.75) is 57.3 Å². The van der Waals surface area contributed by atoms with Gasteiger partial charge in [0, 0.05) is 24.3 Å². The van der Waals surface area contributed by atoms with Crippen LogP contribution in [0.3, 0.4) is 0 Å². The van der Waals surface area contributed by atoms with E-state index in [1.807, 2.05) is 4.90 Å². The van der Waals surface area contributed by atoms with Gasteiger partial charge in [0.1, 0.15) is 5.82 Å². The van der Waals surface area contributed by atoms with Crippen molar-refractivity contribution >= 4 is 29.1 Å². The SMILES string of the molecule is C[C@@H](Nc1nc(Cl)nc2c1CN(C(=O)N1CC3CCC(C1)O3)C2)c1cc(N)cc(C(F)(F)F)c1. The zero-order valence-corrected chi connectivity index (χ0v) is 19.2. The molecule has 1 aromatic heterocycles. The van der Waals surface area contributed by atoms with Crippen LogP contribution in [0.2, 0.25) is 5.28 Å². The molecule has 3 aliphatic rings. The third kappa shape index (κ3) is 4.46. The van der Waals surface area contributed by atoms with Gasteiger partial charge in [-0.3, -0.25) is 0 Å². The number of nitrogens with zero attached hydrogens (tertiary/aromatic N) is 4. The number of fused-ring (bicyclic) bond motifs is 3. The molecule has 34 heavy (non-hydrogen) atoms. The minimum atomic E-state index is -4.51. The zero-order valence-electron chi connectivity index (χ0n) is 18.4. The number of hydrogen-bond acceptors (Lipinski definition) is 6. The Bertz CT molecular complexity index is 1120. The monoisotopic (exact) mass is 496 g/mol. The van der Waals surface area contributed by atoms with Gasteiger partial charge >= 0.3 is 12.2 Å². The van der Waals surface area contributed by atoms with E-state index in [0.717, 1.165) is 25.0 Å². The van der Waals surface area contributed by atoms with Gasteiger partial charge in [0.15, 0.2) is 0 Å². The van der Waals surface area contributed by atoms with Crippen molar-refractivity contribution in [2.24, 2.45) is 0 Å². The maximum absolute atomic E-state index is 13.2. The third-order valence-corrected chi connectivity index (χ3v) is 6.67. The second-order valence-corrected chi connectivity index (χ2v) is 9.36. The predicted octanol–water partition coefficient (Wildman–Crippen LogP) is 4.20. The van der Waals surface area contributed by atoms with E-state index < -0.39 is 17.8 Å². The molecule has 2 unspecified atom stereocenters. The molecule has 0 saturated carbocycles. The molecule has 2 amide bonds. The van der Waals surface area contributed by atoms with E-state index in [1.165, 1.54) is 6.07 Å². The van der Waals surface area contributed by atoms with Gasteiger partial charge in [-0.1, -0.05) is 0 Å². The Labute approximate surface area is 199 Å². The molecule has 2 aromatic rings. The van der Waals surface area contributed by atoms with Crippen molar-refractivity contribution in [3.05, 3.63) is 45.9 Å². The number of alkyl halides is 3. The van der Waals surface area contributed by atoms with E-state index in [2.05, 4.69) is 15.3 Å². The Morgan fingerprint density at radius 1 is 1.18 bits per heavy atom. The highest BCUT2D eigenvalue weighted by Gasteiger charge is 2.39. The maximum atomic E-state index is 13.2. The van der Waals surface area contributed by atoms with Crippen LogP contribution < -0.4 is 11.1 Å². The number of nitrogens with one attached hydrogen (secondary N) is 1. The van der Waals surface area contributed by atoms with Gasteiger partial charge in [-0.15, -0.1) is 0 Å². The number of halogens is 4. The number of nitrogens with two attached hydrogens (primary N) is 1. The van der Waals surface area contributed by atoms with Crippen molar-refractivity contribution in [2.75, 3.05) is 24.1 Å². The molecule has 5 rings (SSSR count). The lowest BCUT2D eigenvalue weighted by molar-refractivity contribution is -0.137. The smallest absolute Gasteiger partial charge is 0.399 e. The molecule has 0 radical (unpaired) electrons. The summed E-state index contributed by atoms with van der Waals surface area (Å²) in [5, 5.41) is 3.13. The largest absolute Gasteiger partial charge is 0.416 e. The molecular weight excluding hydrogens is 473 g/mol. The molecule has 1 aromatic carbocycles. The van der Waals surface area contributed by atoms with Crippen LogP contribution in [-0.2, 0) is 24.0 Å². The zero-order chi connectivity index (χ0) is 24.2. The number of anilines is 2. The molecule has 2 bridgehead atoms. The molecule has 0 spiro atoms. The minimum Gasteiger partial charge on any atom is -0.399 e. The molecular formula is C22H24ClF3N6O2. The van der Waals surface area contributed by atoms with Crippen LogP contribution in [0.25, 0.3) is 0 Å². The first-order valence-electron chi connectivity index (χ1n) is 11.1. The molecule has 3 N–H and O–H groups in total. The van der Waals surface area contributed by atoms with Crippen LogP contribution in [0.1, 0.15) is 48.2 Å². The highest BCUT2D eigenvalue weighted by atomic mass is 35.5. The molecule has 182 valence electrons. The Kier molecular flexibility index (Phi) is 5.71. The van der Waals surface area contributed by atoms with Crippen LogP contribution in [0, 0.1) is 0 Å². The highest BCUT2D eigenvalue weighted by molar-refractivity contribution is 6.28. The fourth-order valence-electron chi connectivity index (χ4n) is 4.83. The fourth-order valence-corrected chi connectivity index (χ4v) is 5.02. The number of likely N-dealkylation sites (tertiary alicyclic amines) is 1. The molecule has 12 heteroatoms. The summed E-state index contributed by atoms with van der Waals surface area (Å²) < 4.78 is 45.5. The van der Waals surface area contributed by atoms with Crippen molar-refractivity contribution in [3.8, 4) is 0 Å². The summed E-state index contributed by atoms with van der Waals surface area (Å²) in [7, 11) is 0. The number of ether oxygens (including phenoxy) is 1. The van der Waals surface area contributed by atoms with E-state index in [9.17, 15) is 18.0 Å². The molecule has 0 aliphatic carbocycles. The van der Waals surface area contributed by atoms with Crippen molar-refractivity contribution in [3.63, 3.8) is 0 Å². The number of morpholine rings is 1. The van der Waals surface area contributed by atoms with Crippen LogP contribution in [0.5, 0.6) is 0 Å². The first kappa shape index (κ1) is 23.0. The standard InChI is InChI=1S/C22H24ClF3N6O2/c1-11(12-4-13(22(24,25)26)6-14(27)5-12)28-19-17-9-32(10-18(17)29-20(23)30-19)21(33)31-7-15-2-3-16(8-31)34-15/h4-6,11,15-16H,2-3,7-10,27H2,1H3,(H,28,29,30)/t11-,15?,16?/m1/s1. The second-order valence-electron chi connectivity index (χ2n) is 9.02. The lowest BCUT2D eigenvalue weighted by Gasteiger charge is -2.34. The summed E-state index contributed by atoms with van der Waals surface area (Å²) in [6.45, 7) is 3.39. The molecule has 2 fully saturated rings. The Morgan fingerprint density at radius 2 is 1.88 bits per heavy atom. The highest BCUT2D eigenvalue weighted by Crippen LogP contribution is 2.35. The lowest BCUT2D eigenvalue weighted by Crippen LogP contribution is -2.50. The Morgan fingerprint density at radius 3 is 2.56 bits per heavy atom. The first-order valence-corrected chi connectivity index (χ1v) is 11.4. The predicted molar refractivity (Wildman–Crippen MR) is 119 cm³/mol. The Hall–Kier alpha value is -2.79. The number of nitrogen functional groups attached to an aromatic ring is 1. The fraction of sp³-hybridized carbons (Fsp3) is 0.500. The summed E-state index contributed by atoms with van der Waals surface area (Å²) >= 11 is 6.13. The van der Waals surface area contributed by atoms with E-state index in [-0.39, 0.29) is 42.3 Å². The van der Waals surface area contributed by atoms with Gasteiger partial charge in [0.2, 0.25) is 5.28 Å². The first-order chi connectivity index (χ1) is 16.1. The van der Waals surface area contributed by atoms with Crippen LogP contribution in [-0.4, -0.2) is 51.1 Å². The number of rotatable bonds is 3. The topological polar surface area (TPSA) is 96.6 Å².